The Morgan fingerprint density at radius 2 is 1.59 bits per heavy atom. The summed E-state index contributed by atoms with van der Waals surface area (Å²) in [5.41, 5.74) is 7.67. The van der Waals surface area contributed by atoms with Crippen molar-refractivity contribution in [3.63, 3.8) is 0 Å². The first-order valence-corrected chi connectivity index (χ1v) is 12.6. The number of fused-ring (bicyclic) bond motifs is 1. The number of benzene rings is 4. The van der Waals surface area contributed by atoms with Gasteiger partial charge in [0.05, 0.1) is 11.6 Å². The van der Waals surface area contributed by atoms with Gasteiger partial charge in [-0.25, -0.2) is 4.79 Å². The fraction of sp³-hybridized carbons (Fsp3) is 0.188. The molecule has 5 rings (SSSR count). The molecule has 2 N–H and O–H groups in total. The monoisotopic (exact) mass is 490 g/mol. The lowest BCUT2D eigenvalue weighted by Crippen LogP contribution is -2.30. The van der Waals surface area contributed by atoms with Gasteiger partial charge in [-0.3, -0.25) is 4.79 Å². The molecule has 1 amide bonds. The number of nitrogens with one attached hydrogen (secondary N) is 1. The summed E-state index contributed by atoms with van der Waals surface area (Å²) in [4.78, 5) is 26.6. The number of anilines is 1. The van der Waals surface area contributed by atoms with Crippen molar-refractivity contribution in [3.8, 4) is 11.1 Å². The summed E-state index contributed by atoms with van der Waals surface area (Å²) in [6, 6.07) is 31.2. The molecule has 1 unspecified atom stereocenters. The lowest BCUT2D eigenvalue weighted by atomic mass is 9.95. The molecule has 4 aromatic carbocycles. The summed E-state index contributed by atoms with van der Waals surface area (Å²) in [7, 11) is 0. The average molecular weight is 491 g/mol. The van der Waals surface area contributed by atoms with E-state index in [0.717, 1.165) is 48.3 Å². The van der Waals surface area contributed by atoms with Gasteiger partial charge in [0.2, 0.25) is 0 Å². The smallest absolute Gasteiger partial charge is 0.335 e. The molecular formula is C32H30N2O3. The van der Waals surface area contributed by atoms with Gasteiger partial charge >= 0.3 is 5.97 Å². The molecule has 5 nitrogen and oxygen atoms in total. The molecule has 0 aliphatic carbocycles. The molecule has 5 heteroatoms. The highest BCUT2D eigenvalue weighted by Gasteiger charge is 2.21. The van der Waals surface area contributed by atoms with Crippen LogP contribution in [0.2, 0.25) is 0 Å². The van der Waals surface area contributed by atoms with Gasteiger partial charge in [-0.1, -0.05) is 66.7 Å². The van der Waals surface area contributed by atoms with Gasteiger partial charge < -0.3 is 15.3 Å². The number of carbonyl (C=O) groups is 2. The van der Waals surface area contributed by atoms with E-state index in [1.807, 2.05) is 73.7 Å². The second-order valence-corrected chi connectivity index (χ2v) is 9.51. The predicted octanol–water partition coefficient (Wildman–Crippen LogP) is 6.50. The largest absolute Gasteiger partial charge is 0.478 e. The first-order chi connectivity index (χ1) is 18.0. The highest BCUT2D eigenvalue weighted by molar-refractivity contribution is 5.95. The average Bonchev–Trinajstić information content (AvgIpc) is 2.93. The number of nitrogens with zero attached hydrogens (tertiary/aromatic N) is 1. The predicted molar refractivity (Wildman–Crippen MR) is 147 cm³/mol. The Hall–Kier alpha value is -4.38. The van der Waals surface area contributed by atoms with E-state index in [4.69, 9.17) is 0 Å². The number of hydrogen-bond acceptors (Lipinski definition) is 3. The molecule has 37 heavy (non-hydrogen) atoms. The quantitative estimate of drug-likeness (QED) is 0.310. The molecule has 1 aliphatic rings. The van der Waals surface area contributed by atoms with Crippen LogP contribution < -0.4 is 10.2 Å². The second kappa shape index (κ2) is 10.7. The molecule has 186 valence electrons. The molecule has 0 radical (unpaired) electrons. The molecule has 1 atom stereocenters. The van der Waals surface area contributed by atoms with E-state index in [0.29, 0.717) is 5.56 Å². The molecule has 0 spiro atoms. The SMILES string of the molecule is CC(NC(=O)c1ccc2c(c1)CCCN2Cc1ccccc1-c1ccc(C(=O)O)cc1)c1ccccc1. The summed E-state index contributed by atoms with van der Waals surface area (Å²) in [6.45, 7) is 3.68. The first kappa shape index (κ1) is 24.3. The third-order valence-electron chi connectivity index (χ3n) is 7.03. The van der Waals surface area contributed by atoms with Gasteiger partial charge in [0.1, 0.15) is 0 Å². The fourth-order valence-corrected chi connectivity index (χ4v) is 5.02. The standard InChI is InChI=1S/C32H30N2O3/c1-22(23-8-3-2-4-9-23)33-31(35)27-17-18-30-26(20-27)11-7-19-34(30)21-28-10-5-6-12-29(28)24-13-15-25(16-14-24)32(36)37/h2-6,8-10,12-18,20,22H,7,11,19,21H2,1H3,(H,33,35)(H,36,37). The lowest BCUT2D eigenvalue weighted by Gasteiger charge is -2.32. The van der Waals surface area contributed by atoms with Gasteiger partial charge in [-0.05, 0) is 77.9 Å². The second-order valence-electron chi connectivity index (χ2n) is 9.51. The Morgan fingerprint density at radius 1 is 0.892 bits per heavy atom. The Kier molecular flexibility index (Phi) is 7.04. The minimum atomic E-state index is -0.924. The number of amides is 1. The summed E-state index contributed by atoms with van der Waals surface area (Å²) in [5.74, 6) is -0.987. The molecule has 1 aliphatic heterocycles. The summed E-state index contributed by atoms with van der Waals surface area (Å²) in [6.07, 6.45) is 1.97. The molecular weight excluding hydrogens is 460 g/mol. The lowest BCUT2D eigenvalue weighted by molar-refractivity contribution is 0.0696. The van der Waals surface area contributed by atoms with Gasteiger partial charge in [-0.2, -0.15) is 0 Å². The summed E-state index contributed by atoms with van der Waals surface area (Å²) >= 11 is 0. The van der Waals surface area contributed by atoms with Crippen molar-refractivity contribution < 1.29 is 14.7 Å². The Bertz CT molecular complexity index is 1410. The van der Waals surface area contributed by atoms with Crippen LogP contribution >= 0.6 is 0 Å². The van der Waals surface area contributed by atoms with Crippen LogP contribution in [0, 0.1) is 0 Å². The number of carboxylic acids is 1. The van der Waals surface area contributed by atoms with Crippen LogP contribution in [0.4, 0.5) is 5.69 Å². The van der Waals surface area contributed by atoms with E-state index in [9.17, 15) is 14.7 Å². The van der Waals surface area contributed by atoms with E-state index in [2.05, 4.69) is 28.4 Å². The Morgan fingerprint density at radius 3 is 2.35 bits per heavy atom. The summed E-state index contributed by atoms with van der Waals surface area (Å²) < 4.78 is 0. The topological polar surface area (TPSA) is 69.6 Å². The van der Waals surface area contributed by atoms with Crippen LogP contribution in [-0.4, -0.2) is 23.5 Å². The van der Waals surface area contributed by atoms with Crippen LogP contribution in [0.25, 0.3) is 11.1 Å². The molecule has 0 aromatic heterocycles. The first-order valence-electron chi connectivity index (χ1n) is 12.6. The highest BCUT2D eigenvalue weighted by Crippen LogP contribution is 2.32. The molecule has 0 saturated carbocycles. The summed E-state index contributed by atoms with van der Waals surface area (Å²) in [5, 5.41) is 12.3. The van der Waals surface area contributed by atoms with E-state index >= 15 is 0 Å². The van der Waals surface area contributed by atoms with Crippen molar-refractivity contribution in [1.29, 1.82) is 0 Å². The zero-order valence-corrected chi connectivity index (χ0v) is 20.9. The van der Waals surface area contributed by atoms with Crippen molar-refractivity contribution in [2.45, 2.75) is 32.4 Å². The zero-order chi connectivity index (χ0) is 25.8. The number of hydrogen-bond donors (Lipinski definition) is 2. The van der Waals surface area contributed by atoms with Crippen LogP contribution in [0.1, 0.15) is 56.8 Å². The minimum Gasteiger partial charge on any atom is -0.478 e. The Labute approximate surface area is 217 Å². The maximum atomic E-state index is 13.0. The van der Waals surface area contributed by atoms with Gasteiger partial charge in [0.15, 0.2) is 0 Å². The van der Waals surface area contributed by atoms with Gasteiger partial charge in [-0.15, -0.1) is 0 Å². The van der Waals surface area contributed by atoms with E-state index in [1.54, 1.807) is 12.1 Å². The van der Waals surface area contributed by atoms with Crippen LogP contribution in [0.3, 0.4) is 0 Å². The third kappa shape index (κ3) is 5.41. The van der Waals surface area contributed by atoms with E-state index < -0.39 is 5.97 Å². The highest BCUT2D eigenvalue weighted by atomic mass is 16.4. The number of aromatic carboxylic acids is 1. The van der Waals surface area contributed by atoms with Crippen molar-refractivity contribution in [1.82, 2.24) is 5.32 Å². The molecule has 0 fully saturated rings. The molecule has 4 aromatic rings. The van der Waals surface area contributed by atoms with E-state index in [1.165, 1.54) is 11.1 Å². The third-order valence-corrected chi connectivity index (χ3v) is 7.03. The number of rotatable bonds is 7. The zero-order valence-electron chi connectivity index (χ0n) is 20.9. The van der Waals surface area contributed by atoms with Crippen LogP contribution in [-0.2, 0) is 13.0 Å². The Balaban J connectivity index is 1.35. The minimum absolute atomic E-state index is 0.0635. The van der Waals surface area contributed by atoms with Crippen LogP contribution in [0.5, 0.6) is 0 Å². The number of carbonyl (C=O) groups excluding carboxylic acids is 1. The molecule has 1 heterocycles. The number of carboxylic acid groups (broad SMARTS) is 1. The normalized spacial score (nSPS) is 13.5. The van der Waals surface area contributed by atoms with Crippen molar-refractivity contribution in [3.05, 3.63) is 125 Å². The van der Waals surface area contributed by atoms with Crippen molar-refractivity contribution >= 4 is 17.6 Å². The number of aryl methyl sites for hydroxylation is 1. The fourth-order valence-electron chi connectivity index (χ4n) is 5.02. The van der Waals surface area contributed by atoms with Gasteiger partial charge in [0, 0.05) is 24.3 Å². The van der Waals surface area contributed by atoms with E-state index in [-0.39, 0.29) is 17.5 Å². The van der Waals surface area contributed by atoms with Gasteiger partial charge in [0.25, 0.3) is 5.91 Å². The van der Waals surface area contributed by atoms with Crippen LogP contribution in [0.15, 0.2) is 97.1 Å². The van der Waals surface area contributed by atoms with Crippen molar-refractivity contribution in [2.24, 2.45) is 0 Å². The van der Waals surface area contributed by atoms with Crippen molar-refractivity contribution in [2.75, 3.05) is 11.4 Å². The molecule has 0 bridgehead atoms. The molecule has 0 saturated heterocycles. The maximum absolute atomic E-state index is 13.0. The maximum Gasteiger partial charge on any atom is 0.335 e.